The third-order valence-corrected chi connectivity index (χ3v) is 4.29. The molecule has 0 saturated heterocycles. The molecule has 7 heteroatoms. The Labute approximate surface area is 127 Å². The Kier molecular flexibility index (Phi) is 4.42. The van der Waals surface area contributed by atoms with Gasteiger partial charge in [-0.15, -0.1) is 11.3 Å². The molecule has 1 unspecified atom stereocenters. The van der Waals surface area contributed by atoms with Gasteiger partial charge >= 0.3 is 0 Å². The first-order chi connectivity index (χ1) is 10.3. The van der Waals surface area contributed by atoms with Crippen molar-refractivity contribution in [2.45, 2.75) is 18.9 Å². The summed E-state index contributed by atoms with van der Waals surface area (Å²) >= 11 is 1.75. The molecule has 0 aromatic carbocycles. The number of aromatic nitrogens is 5. The summed E-state index contributed by atoms with van der Waals surface area (Å²) in [4.78, 5) is 9.90. The lowest BCUT2D eigenvalue weighted by atomic mass is 10.2. The molecule has 0 aliphatic heterocycles. The van der Waals surface area contributed by atoms with Crippen molar-refractivity contribution < 1.29 is 0 Å². The number of aryl methyl sites for hydroxylation is 2. The fraction of sp³-hybridized carbons (Fsp3) is 0.357. The number of aromatic amines is 1. The van der Waals surface area contributed by atoms with Crippen LogP contribution in [0.1, 0.15) is 29.0 Å². The number of imidazole rings is 1. The topological polar surface area (TPSA) is 71.4 Å². The van der Waals surface area contributed by atoms with Crippen LogP contribution >= 0.6 is 11.3 Å². The van der Waals surface area contributed by atoms with Gasteiger partial charge in [0.25, 0.3) is 0 Å². The van der Waals surface area contributed by atoms with E-state index in [4.69, 9.17) is 0 Å². The van der Waals surface area contributed by atoms with Gasteiger partial charge in [-0.25, -0.2) is 9.97 Å². The Balaban J connectivity index is 1.62. The van der Waals surface area contributed by atoms with Crippen LogP contribution in [0.4, 0.5) is 0 Å². The third-order valence-electron chi connectivity index (χ3n) is 3.35. The molecule has 0 aliphatic rings. The molecule has 0 fully saturated rings. The van der Waals surface area contributed by atoms with Crippen molar-refractivity contribution in [1.29, 1.82) is 0 Å². The van der Waals surface area contributed by atoms with Gasteiger partial charge in [-0.3, -0.25) is 5.10 Å². The smallest absolute Gasteiger partial charge is 0.137 e. The number of nitrogens with zero attached hydrogens (tertiary/aromatic N) is 4. The number of hydrogen-bond donors (Lipinski definition) is 2. The van der Waals surface area contributed by atoms with Crippen LogP contribution in [0.5, 0.6) is 0 Å². The minimum absolute atomic E-state index is 0.139. The van der Waals surface area contributed by atoms with Crippen molar-refractivity contribution >= 4 is 11.3 Å². The van der Waals surface area contributed by atoms with E-state index in [1.54, 1.807) is 17.7 Å². The van der Waals surface area contributed by atoms with E-state index >= 15 is 0 Å². The van der Waals surface area contributed by atoms with Gasteiger partial charge in [0.05, 0.1) is 0 Å². The van der Waals surface area contributed by atoms with Crippen LogP contribution in [0.3, 0.4) is 0 Å². The third kappa shape index (κ3) is 3.37. The molecule has 3 rings (SSSR count). The normalized spacial score (nSPS) is 12.6. The van der Waals surface area contributed by atoms with Gasteiger partial charge in [-0.2, -0.15) is 5.10 Å². The molecule has 110 valence electrons. The second-order valence-electron chi connectivity index (χ2n) is 4.83. The molecule has 3 aromatic rings. The van der Waals surface area contributed by atoms with Crippen LogP contribution in [0, 0.1) is 0 Å². The highest BCUT2D eigenvalue weighted by atomic mass is 32.1. The van der Waals surface area contributed by atoms with E-state index in [1.165, 1.54) is 4.88 Å². The maximum atomic E-state index is 4.48. The summed E-state index contributed by atoms with van der Waals surface area (Å²) < 4.78 is 2.06. The average molecular weight is 302 g/mol. The van der Waals surface area contributed by atoms with Crippen molar-refractivity contribution in [2.75, 3.05) is 6.54 Å². The first-order valence-corrected chi connectivity index (χ1v) is 7.81. The standard InChI is InChI=1S/C14H18N6S/c1-20-8-7-16-14(20)13(11-4-3-9-21-11)15-6-2-5-12-17-10-18-19-12/h3-4,7-10,13,15H,2,5-6H2,1H3,(H,17,18,19). The maximum absolute atomic E-state index is 4.48. The highest BCUT2D eigenvalue weighted by Gasteiger charge is 2.18. The zero-order valence-corrected chi connectivity index (χ0v) is 12.7. The highest BCUT2D eigenvalue weighted by molar-refractivity contribution is 7.10. The Bertz CT molecular complexity index is 643. The highest BCUT2D eigenvalue weighted by Crippen LogP contribution is 2.24. The van der Waals surface area contributed by atoms with Crippen molar-refractivity contribution in [3.05, 3.63) is 52.8 Å². The van der Waals surface area contributed by atoms with Crippen molar-refractivity contribution in [2.24, 2.45) is 7.05 Å². The van der Waals surface area contributed by atoms with E-state index in [1.807, 2.05) is 19.4 Å². The maximum Gasteiger partial charge on any atom is 0.137 e. The summed E-state index contributed by atoms with van der Waals surface area (Å²) in [6.45, 7) is 0.899. The predicted octanol–water partition coefficient (Wildman–Crippen LogP) is 1.91. The molecule has 0 radical (unpaired) electrons. The molecule has 3 aromatic heterocycles. The largest absolute Gasteiger partial charge is 0.336 e. The second kappa shape index (κ2) is 6.64. The first-order valence-electron chi connectivity index (χ1n) is 6.93. The molecule has 0 saturated carbocycles. The summed E-state index contributed by atoms with van der Waals surface area (Å²) in [5.41, 5.74) is 0. The minimum atomic E-state index is 0.139. The summed E-state index contributed by atoms with van der Waals surface area (Å²) in [7, 11) is 2.03. The lowest BCUT2D eigenvalue weighted by Gasteiger charge is -2.17. The van der Waals surface area contributed by atoms with Gasteiger partial charge in [0.1, 0.15) is 24.0 Å². The Morgan fingerprint density at radius 2 is 2.38 bits per heavy atom. The monoisotopic (exact) mass is 302 g/mol. The number of thiophene rings is 1. The molecule has 0 aliphatic carbocycles. The predicted molar refractivity (Wildman–Crippen MR) is 82.1 cm³/mol. The van der Waals surface area contributed by atoms with Crippen molar-refractivity contribution in [1.82, 2.24) is 30.0 Å². The number of nitrogens with one attached hydrogen (secondary N) is 2. The number of H-pyrrole nitrogens is 1. The molecular formula is C14H18N6S. The number of hydrogen-bond acceptors (Lipinski definition) is 5. The van der Waals surface area contributed by atoms with E-state index in [0.29, 0.717) is 0 Å². The van der Waals surface area contributed by atoms with Crippen LogP contribution in [0.2, 0.25) is 0 Å². The average Bonchev–Trinajstić information content (AvgIpc) is 3.21. The van der Waals surface area contributed by atoms with E-state index in [-0.39, 0.29) is 6.04 Å². The summed E-state index contributed by atoms with van der Waals surface area (Å²) in [5, 5.41) is 12.4. The first kappa shape index (κ1) is 14.0. The molecular weight excluding hydrogens is 284 g/mol. The molecule has 0 bridgehead atoms. The zero-order valence-electron chi connectivity index (χ0n) is 11.9. The van der Waals surface area contributed by atoms with Crippen LogP contribution in [0.15, 0.2) is 36.2 Å². The van der Waals surface area contributed by atoms with Crippen molar-refractivity contribution in [3.63, 3.8) is 0 Å². The summed E-state index contributed by atoms with van der Waals surface area (Å²) in [6.07, 6.45) is 7.26. The van der Waals surface area contributed by atoms with Crippen LogP contribution in [-0.4, -0.2) is 31.3 Å². The van der Waals surface area contributed by atoms with Gasteiger partial charge in [0.2, 0.25) is 0 Å². The Morgan fingerprint density at radius 3 is 3.05 bits per heavy atom. The second-order valence-corrected chi connectivity index (χ2v) is 5.81. The fourth-order valence-electron chi connectivity index (χ4n) is 2.28. The Morgan fingerprint density at radius 1 is 1.43 bits per heavy atom. The van der Waals surface area contributed by atoms with Gasteiger partial charge < -0.3 is 9.88 Å². The summed E-state index contributed by atoms with van der Waals surface area (Å²) in [5.74, 6) is 1.97. The van der Waals surface area contributed by atoms with Gasteiger partial charge in [-0.05, 0) is 24.4 Å². The quantitative estimate of drug-likeness (QED) is 0.654. The van der Waals surface area contributed by atoms with Gasteiger partial charge in [-0.1, -0.05) is 6.07 Å². The number of rotatable bonds is 7. The zero-order chi connectivity index (χ0) is 14.5. The molecule has 0 spiro atoms. The lowest BCUT2D eigenvalue weighted by molar-refractivity contribution is 0.548. The minimum Gasteiger partial charge on any atom is -0.336 e. The van der Waals surface area contributed by atoms with E-state index < -0.39 is 0 Å². The fourth-order valence-corrected chi connectivity index (χ4v) is 3.08. The van der Waals surface area contributed by atoms with E-state index in [0.717, 1.165) is 31.0 Å². The van der Waals surface area contributed by atoms with E-state index in [2.05, 4.69) is 47.6 Å². The molecule has 0 amide bonds. The molecule has 6 nitrogen and oxygen atoms in total. The van der Waals surface area contributed by atoms with Crippen LogP contribution < -0.4 is 5.32 Å². The van der Waals surface area contributed by atoms with Gasteiger partial charge in [0.15, 0.2) is 0 Å². The lowest BCUT2D eigenvalue weighted by Crippen LogP contribution is -2.25. The van der Waals surface area contributed by atoms with Gasteiger partial charge in [0, 0.05) is 30.7 Å². The Hall–Kier alpha value is -1.99. The summed E-state index contributed by atoms with van der Waals surface area (Å²) in [6, 6.07) is 4.36. The molecule has 2 N–H and O–H groups in total. The molecule has 3 heterocycles. The van der Waals surface area contributed by atoms with Crippen molar-refractivity contribution in [3.8, 4) is 0 Å². The molecule has 21 heavy (non-hydrogen) atoms. The van der Waals surface area contributed by atoms with Crippen LogP contribution in [-0.2, 0) is 13.5 Å². The van der Waals surface area contributed by atoms with Crippen LogP contribution in [0.25, 0.3) is 0 Å². The molecule has 1 atom stereocenters. The SMILES string of the molecule is Cn1ccnc1C(NCCCc1ncn[nH]1)c1cccs1. The van der Waals surface area contributed by atoms with E-state index in [9.17, 15) is 0 Å².